The van der Waals surface area contributed by atoms with Crippen LogP contribution in [0, 0.1) is 0 Å². The van der Waals surface area contributed by atoms with Gasteiger partial charge in [0.2, 0.25) is 0 Å². The van der Waals surface area contributed by atoms with Gasteiger partial charge in [0.25, 0.3) is 0 Å². The summed E-state index contributed by atoms with van der Waals surface area (Å²) in [5, 5.41) is 6.88. The first-order chi connectivity index (χ1) is 9.83. The van der Waals surface area contributed by atoms with Crippen molar-refractivity contribution in [3.8, 4) is 0 Å². The fraction of sp³-hybridized carbons (Fsp3) is 0.294. The molecule has 2 heterocycles. The van der Waals surface area contributed by atoms with E-state index in [1.54, 1.807) is 0 Å². The molecule has 2 aromatic heterocycles. The number of hydrogen-bond acceptors (Lipinski definition) is 3. The van der Waals surface area contributed by atoms with Crippen LogP contribution in [0.25, 0.3) is 21.7 Å². The number of hydrogen-bond donors (Lipinski definition) is 1. The van der Waals surface area contributed by atoms with Crippen LogP contribution in [0.3, 0.4) is 0 Å². The fourth-order valence-electron chi connectivity index (χ4n) is 2.62. The number of fused-ring (bicyclic) bond motifs is 3. The van der Waals surface area contributed by atoms with Gasteiger partial charge >= 0.3 is 0 Å². The molecule has 0 unspecified atom stereocenters. The van der Waals surface area contributed by atoms with Crippen molar-refractivity contribution < 1.29 is 0 Å². The van der Waals surface area contributed by atoms with E-state index in [0.717, 1.165) is 36.1 Å². The van der Waals surface area contributed by atoms with Crippen LogP contribution in [-0.4, -0.2) is 16.5 Å². The van der Waals surface area contributed by atoms with Gasteiger partial charge in [0.05, 0.1) is 5.52 Å². The van der Waals surface area contributed by atoms with E-state index in [9.17, 15) is 0 Å². The van der Waals surface area contributed by atoms with Crippen molar-refractivity contribution in [3.05, 3.63) is 42.2 Å². The first-order valence-electron chi connectivity index (χ1n) is 7.23. The lowest BCUT2D eigenvalue weighted by Gasteiger charge is -2.12. The molecule has 3 rings (SSSR count). The first-order valence-corrected chi connectivity index (χ1v) is 7.23. The summed E-state index contributed by atoms with van der Waals surface area (Å²) in [4.78, 5) is 9.10. The Labute approximate surface area is 119 Å². The van der Waals surface area contributed by atoms with Gasteiger partial charge in [-0.1, -0.05) is 25.5 Å². The molecule has 0 amide bonds. The van der Waals surface area contributed by atoms with Gasteiger partial charge in [0.15, 0.2) is 0 Å². The van der Waals surface area contributed by atoms with E-state index in [4.69, 9.17) is 4.98 Å². The molecule has 0 atom stereocenters. The van der Waals surface area contributed by atoms with Crippen molar-refractivity contribution in [2.45, 2.75) is 26.7 Å². The molecule has 1 aromatic carbocycles. The molecule has 0 radical (unpaired) electrons. The van der Waals surface area contributed by atoms with Gasteiger partial charge < -0.3 is 5.32 Å². The summed E-state index contributed by atoms with van der Waals surface area (Å²) in [6.07, 6.45) is 5.90. The molecular formula is C17H19N3. The minimum atomic E-state index is 0.887. The Morgan fingerprint density at radius 2 is 1.95 bits per heavy atom. The Morgan fingerprint density at radius 1 is 1.10 bits per heavy atom. The van der Waals surface area contributed by atoms with Crippen molar-refractivity contribution in [1.29, 1.82) is 0 Å². The molecule has 0 saturated heterocycles. The number of nitrogens with zero attached hydrogens (tertiary/aromatic N) is 2. The zero-order chi connectivity index (χ0) is 13.9. The van der Waals surface area contributed by atoms with Gasteiger partial charge in [-0.05, 0) is 36.4 Å². The number of benzene rings is 1. The smallest absolute Gasteiger partial charge is 0.129 e. The van der Waals surface area contributed by atoms with Crippen LogP contribution >= 0.6 is 0 Å². The van der Waals surface area contributed by atoms with Crippen LogP contribution in [0.15, 0.2) is 36.7 Å². The van der Waals surface area contributed by atoms with E-state index < -0.39 is 0 Å². The van der Waals surface area contributed by atoms with E-state index in [1.165, 1.54) is 16.3 Å². The molecule has 20 heavy (non-hydrogen) atoms. The number of nitrogens with one attached hydrogen (secondary N) is 1. The molecule has 0 fully saturated rings. The Balaban J connectivity index is 2.29. The van der Waals surface area contributed by atoms with Gasteiger partial charge in [-0.25, -0.2) is 4.98 Å². The highest BCUT2D eigenvalue weighted by molar-refractivity contribution is 6.05. The Hall–Kier alpha value is -2.16. The second kappa shape index (κ2) is 5.45. The van der Waals surface area contributed by atoms with Crippen LogP contribution in [0.5, 0.6) is 0 Å². The topological polar surface area (TPSA) is 37.8 Å². The number of pyridine rings is 2. The highest BCUT2D eigenvalue weighted by atomic mass is 15.0. The maximum absolute atomic E-state index is 4.86. The van der Waals surface area contributed by atoms with Gasteiger partial charge in [0, 0.05) is 29.7 Å². The number of rotatable bonds is 4. The lowest BCUT2D eigenvalue weighted by Crippen LogP contribution is -2.04. The zero-order valence-corrected chi connectivity index (χ0v) is 12.0. The summed E-state index contributed by atoms with van der Waals surface area (Å²) in [6.45, 7) is 5.19. The molecule has 0 saturated carbocycles. The van der Waals surface area contributed by atoms with Crippen molar-refractivity contribution in [2.75, 3.05) is 11.9 Å². The van der Waals surface area contributed by atoms with Crippen LogP contribution < -0.4 is 5.32 Å². The summed E-state index contributed by atoms with van der Waals surface area (Å²) in [5.74, 6) is 1.01. The highest BCUT2D eigenvalue weighted by Gasteiger charge is 2.08. The van der Waals surface area contributed by atoms with E-state index in [0.29, 0.717) is 0 Å². The third kappa shape index (κ3) is 2.20. The molecule has 0 aliphatic rings. The summed E-state index contributed by atoms with van der Waals surface area (Å²) in [5.41, 5.74) is 2.33. The second-order valence-electron chi connectivity index (χ2n) is 5.01. The first kappa shape index (κ1) is 12.9. The van der Waals surface area contributed by atoms with Gasteiger partial charge in [-0.2, -0.15) is 0 Å². The molecule has 102 valence electrons. The number of anilines is 1. The largest absolute Gasteiger partial charge is 0.370 e. The van der Waals surface area contributed by atoms with Crippen LogP contribution in [0.2, 0.25) is 0 Å². The van der Waals surface area contributed by atoms with Crippen molar-refractivity contribution >= 4 is 27.5 Å². The number of aryl methyl sites for hydroxylation is 1. The molecule has 3 nitrogen and oxygen atoms in total. The van der Waals surface area contributed by atoms with Crippen molar-refractivity contribution in [3.63, 3.8) is 0 Å². The van der Waals surface area contributed by atoms with E-state index in [1.807, 2.05) is 18.5 Å². The van der Waals surface area contributed by atoms with Gasteiger partial charge in [0.1, 0.15) is 5.82 Å². The van der Waals surface area contributed by atoms with E-state index >= 15 is 0 Å². The summed E-state index contributed by atoms with van der Waals surface area (Å²) >= 11 is 0. The average Bonchev–Trinajstić information content (AvgIpc) is 2.48. The summed E-state index contributed by atoms with van der Waals surface area (Å²) in [7, 11) is 0. The quantitative estimate of drug-likeness (QED) is 0.719. The third-order valence-corrected chi connectivity index (χ3v) is 3.55. The monoisotopic (exact) mass is 265 g/mol. The van der Waals surface area contributed by atoms with Crippen LogP contribution in [0.4, 0.5) is 5.82 Å². The SMILES string of the molecule is CCCc1cc2ccc3ccncc3c2nc1NCC. The number of aromatic nitrogens is 2. The normalized spacial score (nSPS) is 11.1. The van der Waals surface area contributed by atoms with E-state index in [2.05, 4.69) is 42.3 Å². The maximum Gasteiger partial charge on any atom is 0.129 e. The summed E-state index contributed by atoms with van der Waals surface area (Å²) < 4.78 is 0. The summed E-state index contributed by atoms with van der Waals surface area (Å²) in [6, 6.07) is 8.59. The standard InChI is InChI=1S/C17H19N3/c1-3-5-14-10-13-7-6-12-8-9-18-11-15(12)16(13)20-17(14)19-4-2/h6-11H,3-5H2,1-2H3,(H,19,20). The zero-order valence-electron chi connectivity index (χ0n) is 12.0. The Bertz CT molecular complexity index is 750. The minimum Gasteiger partial charge on any atom is -0.370 e. The average molecular weight is 265 g/mol. The Kier molecular flexibility index (Phi) is 3.50. The molecular weight excluding hydrogens is 246 g/mol. The molecule has 3 heteroatoms. The Morgan fingerprint density at radius 3 is 2.75 bits per heavy atom. The molecule has 0 spiro atoms. The van der Waals surface area contributed by atoms with Crippen LogP contribution in [-0.2, 0) is 6.42 Å². The minimum absolute atomic E-state index is 0.887. The molecule has 0 aliphatic heterocycles. The molecule has 0 bridgehead atoms. The molecule has 3 aromatic rings. The van der Waals surface area contributed by atoms with E-state index in [-0.39, 0.29) is 0 Å². The molecule has 0 aliphatic carbocycles. The van der Waals surface area contributed by atoms with Crippen LogP contribution in [0.1, 0.15) is 25.8 Å². The van der Waals surface area contributed by atoms with Gasteiger partial charge in [-0.15, -0.1) is 0 Å². The fourth-order valence-corrected chi connectivity index (χ4v) is 2.62. The second-order valence-corrected chi connectivity index (χ2v) is 5.01. The molecule has 1 N–H and O–H groups in total. The van der Waals surface area contributed by atoms with Crippen molar-refractivity contribution in [1.82, 2.24) is 9.97 Å². The lowest BCUT2D eigenvalue weighted by molar-refractivity contribution is 0.916. The highest BCUT2D eigenvalue weighted by Crippen LogP contribution is 2.27. The third-order valence-electron chi connectivity index (χ3n) is 3.55. The maximum atomic E-state index is 4.86. The predicted molar refractivity (Wildman–Crippen MR) is 85.2 cm³/mol. The van der Waals surface area contributed by atoms with Crippen molar-refractivity contribution in [2.24, 2.45) is 0 Å². The predicted octanol–water partition coefficient (Wildman–Crippen LogP) is 4.17. The van der Waals surface area contributed by atoms with Gasteiger partial charge in [-0.3, -0.25) is 4.98 Å². The lowest BCUT2D eigenvalue weighted by atomic mass is 10.0.